The van der Waals surface area contributed by atoms with Gasteiger partial charge in [0.1, 0.15) is 6.54 Å². The molecule has 0 aliphatic heterocycles. The Morgan fingerprint density at radius 2 is 1.69 bits per heavy atom. The molecule has 0 radical (unpaired) electrons. The van der Waals surface area contributed by atoms with Crippen LogP contribution in [0.1, 0.15) is 15.8 Å². The fourth-order valence-corrected chi connectivity index (χ4v) is 3.81. The second-order valence-electron chi connectivity index (χ2n) is 7.41. The van der Waals surface area contributed by atoms with Crippen molar-refractivity contribution in [1.82, 2.24) is 29.1 Å². The molecule has 0 saturated carbocycles. The van der Waals surface area contributed by atoms with Gasteiger partial charge in [-0.1, -0.05) is 29.8 Å². The monoisotopic (exact) mass is 620 g/mol. The molecule has 0 saturated heterocycles. The molecule has 0 aliphatic rings. The SMILES string of the molecule is O=c1n(Cc2nc(C(O)I)n(-c3ccccc3)n2)nc(-c2ccc(Cl)cc2)n1C[C@H](O)C(F)(F)F. The highest BCUT2D eigenvalue weighted by molar-refractivity contribution is 14.1. The lowest BCUT2D eigenvalue weighted by Crippen LogP contribution is -2.37. The van der Waals surface area contributed by atoms with Crippen LogP contribution in [-0.2, 0) is 13.1 Å². The molecule has 1 unspecified atom stereocenters. The fourth-order valence-electron chi connectivity index (χ4n) is 3.28. The summed E-state index contributed by atoms with van der Waals surface area (Å²) in [5.74, 6) is 0.210. The van der Waals surface area contributed by atoms with Gasteiger partial charge in [0.2, 0.25) is 0 Å². The van der Waals surface area contributed by atoms with Crippen LogP contribution in [0.3, 0.4) is 0 Å². The first kappa shape index (κ1) is 25.3. The number of para-hydroxylation sites is 1. The van der Waals surface area contributed by atoms with Crippen molar-refractivity contribution in [3.8, 4) is 17.1 Å². The first-order valence-electron chi connectivity index (χ1n) is 10.1. The Balaban J connectivity index is 1.76. The summed E-state index contributed by atoms with van der Waals surface area (Å²) in [6.07, 6.45) is -7.71. The quantitative estimate of drug-likeness (QED) is 0.242. The van der Waals surface area contributed by atoms with E-state index in [0.717, 1.165) is 9.25 Å². The van der Waals surface area contributed by atoms with Gasteiger partial charge in [0.25, 0.3) is 0 Å². The van der Waals surface area contributed by atoms with E-state index < -0.39 is 28.6 Å². The summed E-state index contributed by atoms with van der Waals surface area (Å²) in [7, 11) is 0. The Morgan fingerprint density at radius 1 is 1.03 bits per heavy atom. The number of aliphatic hydroxyl groups is 2. The Bertz CT molecular complexity index is 1370. The van der Waals surface area contributed by atoms with Crippen molar-refractivity contribution in [1.29, 1.82) is 0 Å². The summed E-state index contributed by atoms with van der Waals surface area (Å²) >= 11 is 7.65. The van der Waals surface area contributed by atoms with E-state index in [1.807, 2.05) is 0 Å². The summed E-state index contributed by atoms with van der Waals surface area (Å²) in [6.45, 7) is -1.34. The lowest BCUT2D eigenvalue weighted by atomic mass is 10.2. The summed E-state index contributed by atoms with van der Waals surface area (Å²) in [5.41, 5.74) is 0.0432. The minimum atomic E-state index is -4.93. The molecule has 35 heavy (non-hydrogen) atoms. The molecule has 9 nitrogen and oxygen atoms in total. The number of benzene rings is 2. The Hall–Kier alpha value is -2.75. The highest BCUT2D eigenvalue weighted by Gasteiger charge is 2.39. The van der Waals surface area contributed by atoms with E-state index >= 15 is 0 Å². The van der Waals surface area contributed by atoms with Gasteiger partial charge in [-0.2, -0.15) is 13.2 Å². The number of hydrogen-bond acceptors (Lipinski definition) is 6. The second-order valence-corrected chi connectivity index (χ2v) is 9.02. The third-order valence-corrected chi connectivity index (χ3v) is 5.75. The molecular weight excluding hydrogens is 604 g/mol. The number of rotatable bonds is 7. The van der Waals surface area contributed by atoms with Crippen molar-refractivity contribution in [2.75, 3.05) is 0 Å². The molecule has 2 N–H and O–H groups in total. The van der Waals surface area contributed by atoms with Gasteiger partial charge < -0.3 is 10.2 Å². The number of nitrogens with zero attached hydrogens (tertiary/aromatic N) is 6. The zero-order valence-electron chi connectivity index (χ0n) is 17.6. The summed E-state index contributed by atoms with van der Waals surface area (Å²) in [5, 5.41) is 28.7. The Kier molecular flexibility index (Phi) is 7.30. The number of aromatic nitrogens is 6. The first-order chi connectivity index (χ1) is 16.5. The summed E-state index contributed by atoms with van der Waals surface area (Å²) in [6, 6.07) is 14.9. The molecule has 2 aromatic heterocycles. The number of aliphatic hydroxyl groups excluding tert-OH is 2. The van der Waals surface area contributed by atoms with Crippen LogP contribution in [0.2, 0.25) is 5.02 Å². The van der Waals surface area contributed by atoms with Crippen LogP contribution in [0.5, 0.6) is 0 Å². The molecule has 4 aromatic rings. The lowest BCUT2D eigenvalue weighted by Gasteiger charge is -2.15. The summed E-state index contributed by atoms with van der Waals surface area (Å²) < 4.78 is 41.1. The van der Waals surface area contributed by atoms with Gasteiger partial charge in [0, 0.05) is 10.6 Å². The fraction of sp³-hybridized carbons (Fsp3) is 0.238. The predicted octanol–water partition coefficient (Wildman–Crippen LogP) is 3.34. The van der Waals surface area contributed by atoms with Crippen molar-refractivity contribution in [2.45, 2.75) is 29.5 Å². The average molecular weight is 621 g/mol. The van der Waals surface area contributed by atoms with Crippen LogP contribution in [-0.4, -0.2) is 51.6 Å². The molecule has 4 rings (SSSR count). The molecule has 0 bridgehead atoms. The van der Waals surface area contributed by atoms with Crippen LogP contribution in [0.4, 0.5) is 13.2 Å². The minimum absolute atomic E-state index is 0.0911. The van der Waals surface area contributed by atoms with E-state index in [0.29, 0.717) is 16.3 Å². The molecular formula is C21H17ClF3IN6O3. The van der Waals surface area contributed by atoms with Gasteiger partial charge in [-0.05, 0) is 59.0 Å². The van der Waals surface area contributed by atoms with Crippen molar-refractivity contribution < 1.29 is 23.4 Å². The highest BCUT2D eigenvalue weighted by Crippen LogP contribution is 2.25. The molecule has 0 amide bonds. The molecule has 184 valence electrons. The highest BCUT2D eigenvalue weighted by atomic mass is 127. The molecule has 0 aliphatic carbocycles. The molecule has 0 fully saturated rings. The second kappa shape index (κ2) is 10.1. The largest absolute Gasteiger partial charge is 0.416 e. The van der Waals surface area contributed by atoms with Crippen molar-refractivity contribution in [2.24, 2.45) is 0 Å². The topological polar surface area (TPSA) is 111 Å². The van der Waals surface area contributed by atoms with Crippen molar-refractivity contribution in [3.05, 3.63) is 81.8 Å². The molecule has 2 aromatic carbocycles. The van der Waals surface area contributed by atoms with Crippen molar-refractivity contribution >= 4 is 34.2 Å². The molecule has 2 heterocycles. The Labute approximate surface area is 214 Å². The number of alkyl halides is 4. The van der Waals surface area contributed by atoms with Gasteiger partial charge in [-0.3, -0.25) is 4.57 Å². The van der Waals surface area contributed by atoms with Gasteiger partial charge in [0.15, 0.2) is 27.7 Å². The van der Waals surface area contributed by atoms with E-state index in [1.54, 1.807) is 52.9 Å². The van der Waals surface area contributed by atoms with E-state index in [1.165, 1.54) is 28.9 Å². The lowest BCUT2D eigenvalue weighted by molar-refractivity contribution is -0.207. The van der Waals surface area contributed by atoms with Gasteiger partial charge in [0.05, 0.1) is 12.2 Å². The standard InChI is InChI=1S/C21H17ClF3IN6O3/c22-13-8-6-12(7-9-13)18-29-31(20(35)30(18)10-15(33)21(23,24)25)11-16-27-19(17(26)34)32(28-16)14-4-2-1-3-5-14/h1-9,15,17,33-34H,10-11H2/t15-,17?/m0/s1. The van der Waals surface area contributed by atoms with Crippen LogP contribution >= 0.6 is 34.2 Å². The number of halogens is 5. The van der Waals surface area contributed by atoms with Gasteiger partial charge >= 0.3 is 11.9 Å². The smallest absolute Gasteiger partial charge is 0.382 e. The maximum absolute atomic E-state index is 13.0. The third kappa shape index (κ3) is 5.58. The van der Waals surface area contributed by atoms with Crippen molar-refractivity contribution in [3.63, 3.8) is 0 Å². The third-order valence-electron chi connectivity index (χ3n) is 4.94. The minimum Gasteiger partial charge on any atom is -0.382 e. The molecule has 14 heteroatoms. The van der Waals surface area contributed by atoms with Gasteiger partial charge in [-0.15, -0.1) is 10.2 Å². The van der Waals surface area contributed by atoms with Crippen LogP contribution in [0.25, 0.3) is 17.1 Å². The predicted molar refractivity (Wildman–Crippen MR) is 128 cm³/mol. The maximum atomic E-state index is 13.0. The van der Waals surface area contributed by atoms with Crippen LogP contribution in [0.15, 0.2) is 59.4 Å². The zero-order valence-corrected chi connectivity index (χ0v) is 20.6. The molecule has 2 atom stereocenters. The van der Waals surface area contributed by atoms with E-state index in [9.17, 15) is 28.2 Å². The Morgan fingerprint density at radius 3 is 2.29 bits per heavy atom. The summed E-state index contributed by atoms with van der Waals surface area (Å²) in [4.78, 5) is 17.3. The van der Waals surface area contributed by atoms with Crippen LogP contribution < -0.4 is 5.69 Å². The van der Waals surface area contributed by atoms with E-state index in [4.69, 9.17) is 11.6 Å². The molecule has 0 spiro atoms. The van der Waals surface area contributed by atoms with E-state index in [-0.39, 0.29) is 24.0 Å². The number of hydrogen-bond donors (Lipinski definition) is 2. The normalized spacial score (nSPS) is 13.7. The maximum Gasteiger partial charge on any atom is 0.416 e. The van der Waals surface area contributed by atoms with Gasteiger partial charge in [-0.25, -0.2) is 19.1 Å². The first-order valence-corrected chi connectivity index (χ1v) is 11.7. The van der Waals surface area contributed by atoms with Crippen LogP contribution in [0, 0.1) is 0 Å². The average Bonchev–Trinajstić information content (AvgIpc) is 3.37. The zero-order chi connectivity index (χ0) is 25.3. The van der Waals surface area contributed by atoms with E-state index in [2.05, 4.69) is 15.2 Å².